The molecule has 0 radical (unpaired) electrons. The van der Waals surface area contributed by atoms with Crippen LogP contribution in [-0.4, -0.2) is 95.2 Å². The monoisotopic (exact) mass is 641 g/mol. The molecule has 2 aromatic rings. The van der Waals surface area contributed by atoms with E-state index < -0.39 is 42.3 Å². The minimum Gasteiger partial charge on any atom is -0.344 e. The van der Waals surface area contributed by atoms with Crippen molar-refractivity contribution < 1.29 is 28.0 Å². The van der Waals surface area contributed by atoms with Crippen LogP contribution in [0.5, 0.6) is 0 Å². The van der Waals surface area contributed by atoms with Gasteiger partial charge in [0.2, 0.25) is 17.7 Å². The van der Waals surface area contributed by atoms with Crippen molar-refractivity contribution in [3.63, 3.8) is 0 Å². The molecule has 3 fully saturated rings. The molecular formula is C33H45F2N7O4. The second kappa shape index (κ2) is 14.7. The number of nitrogens with zero attached hydrogens (tertiary/aromatic N) is 4. The highest BCUT2D eigenvalue weighted by Crippen LogP contribution is 2.51. The summed E-state index contributed by atoms with van der Waals surface area (Å²) in [7, 11) is 1.99. The van der Waals surface area contributed by atoms with Gasteiger partial charge in [-0.2, -0.15) is 5.10 Å². The molecule has 13 heteroatoms. The Labute approximate surface area is 268 Å². The first-order valence-corrected chi connectivity index (χ1v) is 16.4. The third kappa shape index (κ3) is 7.91. The number of alkyl halides is 1. The van der Waals surface area contributed by atoms with Crippen LogP contribution in [0, 0.1) is 23.6 Å². The minimum absolute atomic E-state index is 0.0486. The Balaban J connectivity index is 1.33. The Hall–Kier alpha value is -3.87. The first kappa shape index (κ1) is 33.5. The van der Waals surface area contributed by atoms with Gasteiger partial charge in [0.1, 0.15) is 30.3 Å². The largest absolute Gasteiger partial charge is 0.344 e. The van der Waals surface area contributed by atoms with Crippen LogP contribution in [0.1, 0.15) is 67.9 Å². The summed E-state index contributed by atoms with van der Waals surface area (Å²) >= 11 is 0. The lowest BCUT2D eigenvalue weighted by atomic mass is 9.88. The van der Waals surface area contributed by atoms with Crippen LogP contribution in [0.3, 0.4) is 0 Å². The smallest absolute Gasteiger partial charge is 0.270 e. The first-order valence-electron chi connectivity index (χ1n) is 16.4. The van der Waals surface area contributed by atoms with Gasteiger partial charge in [0, 0.05) is 44.7 Å². The van der Waals surface area contributed by atoms with Gasteiger partial charge in [-0.1, -0.05) is 19.9 Å². The number of aromatic nitrogens is 2. The number of likely N-dealkylation sites (N-methyl/N-ethyl adjacent to an activating group) is 1. The molecule has 11 nitrogen and oxygen atoms in total. The molecule has 250 valence electrons. The fraction of sp³-hybridized carbons (Fsp3) is 0.606. The van der Waals surface area contributed by atoms with Crippen LogP contribution in [0.4, 0.5) is 14.5 Å². The van der Waals surface area contributed by atoms with Gasteiger partial charge < -0.3 is 25.8 Å². The summed E-state index contributed by atoms with van der Waals surface area (Å²) < 4.78 is 29.9. The summed E-state index contributed by atoms with van der Waals surface area (Å²) in [5, 5.41) is 12.4. The quantitative estimate of drug-likeness (QED) is 0.291. The number of hydrogen-bond acceptors (Lipinski definition) is 6. The lowest BCUT2D eigenvalue weighted by Gasteiger charge is -2.36. The fourth-order valence-corrected chi connectivity index (χ4v) is 6.45. The molecule has 0 unspecified atom stereocenters. The van der Waals surface area contributed by atoms with Gasteiger partial charge in [0.05, 0.1) is 12.2 Å². The lowest BCUT2D eigenvalue weighted by Crippen LogP contribution is -2.55. The number of carbonyl (C=O) groups excluding carboxylic acids is 4. The van der Waals surface area contributed by atoms with Crippen LogP contribution in [0.25, 0.3) is 0 Å². The summed E-state index contributed by atoms with van der Waals surface area (Å²) in [5.41, 5.74) is 0.605. The van der Waals surface area contributed by atoms with Crippen molar-refractivity contribution in [2.75, 3.05) is 45.2 Å². The molecule has 3 N–H and O–H groups in total. The number of halogens is 2. The highest BCUT2D eigenvalue weighted by Gasteiger charge is 2.48. The minimum atomic E-state index is -0.908. The third-order valence-electron chi connectivity index (χ3n) is 9.53. The van der Waals surface area contributed by atoms with Crippen molar-refractivity contribution in [3.05, 3.63) is 47.5 Å². The molecule has 0 bridgehead atoms. The van der Waals surface area contributed by atoms with Gasteiger partial charge in [-0.3, -0.25) is 23.9 Å². The van der Waals surface area contributed by atoms with Crippen LogP contribution >= 0.6 is 0 Å². The van der Waals surface area contributed by atoms with E-state index in [9.17, 15) is 23.6 Å². The van der Waals surface area contributed by atoms with E-state index in [-0.39, 0.29) is 42.1 Å². The SMILES string of the molecule is CCC(=O)N[C@@H](C(=O)N1CCN(C)CC1)[C@@H](C)c1ccc(NC(=O)[C@@H](NC(=O)c2ccnn2CCF)C(C2CC2)C2CC2)c(F)c1. The lowest BCUT2D eigenvalue weighted by molar-refractivity contribution is -0.138. The summed E-state index contributed by atoms with van der Waals surface area (Å²) in [6.45, 7) is 5.24. The van der Waals surface area contributed by atoms with E-state index in [1.165, 1.54) is 29.1 Å². The van der Waals surface area contributed by atoms with E-state index in [4.69, 9.17) is 0 Å². The number of amides is 4. The third-order valence-corrected chi connectivity index (χ3v) is 9.53. The van der Waals surface area contributed by atoms with E-state index >= 15 is 4.39 Å². The Bertz CT molecular complexity index is 1410. The van der Waals surface area contributed by atoms with Crippen molar-refractivity contribution in [1.82, 2.24) is 30.2 Å². The van der Waals surface area contributed by atoms with Crippen molar-refractivity contribution in [2.24, 2.45) is 17.8 Å². The number of piperazine rings is 1. The molecular weight excluding hydrogens is 596 g/mol. The molecule has 3 aliphatic rings. The summed E-state index contributed by atoms with van der Waals surface area (Å²) in [4.78, 5) is 56.9. The summed E-state index contributed by atoms with van der Waals surface area (Å²) in [6, 6.07) is 4.08. The van der Waals surface area contributed by atoms with Gasteiger partial charge in [-0.25, -0.2) is 8.78 Å². The summed E-state index contributed by atoms with van der Waals surface area (Å²) in [5.74, 6) is -2.28. The fourth-order valence-electron chi connectivity index (χ4n) is 6.45. The predicted molar refractivity (Wildman–Crippen MR) is 168 cm³/mol. The molecule has 2 aliphatic carbocycles. The molecule has 1 aromatic heterocycles. The Kier molecular flexibility index (Phi) is 10.7. The average molecular weight is 642 g/mol. The maximum atomic E-state index is 15.7. The number of rotatable bonds is 14. The van der Waals surface area contributed by atoms with E-state index in [1.54, 1.807) is 24.8 Å². The molecule has 1 aliphatic heterocycles. The zero-order chi connectivity index (χ0) is 33.0. The Morgan fingerprint density at radius 1 is 0.978 bits per heavy atom. The van der Waals surface area contributed by atoms with Crippen molar-refractivity contribution in [3.8, 4) is 0 Å². The van der Waals surface area contributed by atoms with Crippen molar-refractivity contribution >= 4 is 29.3 Å². The number of anilines is 1. The number of aryl methyl sites for hydroxylation is 1. The molecule has 2 saturated carbocycles. The number of benzene rings is 1. The van der Waals surface area contributed by atoms with Gasteiger partial charge in [0.25, 0.3) is 5.91 Å². The maximum Gasteiger partial charge on any atom is 0.270 e. The second-order valence-corrected chi connectivity index (χ2v) is 12.9. The predicted octanol–water partition coefficient (Wildman–Crippen LogP) is 2.94. The number of carbonyl (C=O) groups is 4. The maximum absolute atomic E-state index is 15.7. The van der Waals surface area contributed by atoms with Gasteiger partial charge in [0.15, 0.2) is 0 Å². The topological polar surface area (TPSA) is 129 Å². The molecule has 5 rings (SSSR count). The van der Waals surface area contributed by atoms with Crippen molar-refractivity contribution in [1.29, 1.82) is 0 Å². The molecule has 2 heterocycles. The van der Waals surface area contributed by atoms with Crippen LogP contribution in [0.2, 0.25) is 0 Å². The number of nitrogens with one attached hydrogen (secondary N) is 3. The zero-order valence-electron chi connectivity index (χ0n) is 26.8. The van der Waals surface area contributed by atoms with E-state index in [0.29, 0.717) is 30.5 Å². The van der Waals surface area contributed by atoms with E-state index in [2.05, 4.69) is 25.9 Å². The average Bonchev–Trinajstić information content (AvgIpc) is 3.99. The van der Waals surface area contributed by atoms with Gasteiger partial charge in [-0.05, 0) is 74.2 Å². The first-order chi connectivity index (χ1) is 22.1. The zero-order valence-corrected chi connectivity index (χ0v) is 26.8. The molecule has 4 amide bonds. The molecule has 3 atom stereocenters. The standard InChI is InChI=1S/C33H45F2N7O4/c1-4-27(43)38-29(33(46)41-17-15-40(3)16-18-41)20(2)23-9-10-25(24(35)19-23)37-32(45)30(28(21-5-6-21)22-7-8-22)39-31(44)26-11-13-36-42(26)14-12-34/h9-11,13,19-22,28-30H,4-8,12,14-18H2,1-3H3,(H,37,45)(H,38,43)(H,39,44)/t20-,29+,30-/m0/s1. The normalized spacial score (nSPS) is 19.0. The van der Waals surface area contributed by atoms with E-state index in [0.717, 1.165) is 38.8 Å². The van der Waals surface area contributed by atoms with E-state index in [1.807, 2.05) is 7.05 Å². The highest BCUT2D eigenvalue weighted by atomic mass is 19.1. The van der Waals surface area contributed by atoms with Crippen LogP contribution in [-0.2, 0) is 20.9 Å². The van der Waals surface area contributed by atoms with Gasteiger partial charge >= 0.3 is 0 Å². The molecule has 1 aromatic carbocycles. The van der Waals surface area contributed by atoms with Gasteiger partial charge in [-0.15, -0.1) is 0 Å². The summed E-state index contributed by atoms with van der Waals surface area (Å²) in [6.07, 6.45) is 5.47. The Morgan fingerprint density at radius 3 is 2.24 bits per heavy atom. The molecule has 0 spiro atoms. The molecule has 1 saturated heterocycles. The van der Waals surface area contributed by atoms with Crippen LogP contribution < -0.4 is 16.0 Å². The van der Waals surface area contributed by atoms with Crippen molar-refractivity contribution in [2.45, 2.75) is 70.5 Å². The van der Waals surface area contributed by atoms with Crippen LogP contribution in [0.15, 0.2) is 30.5 Å². The number of hydrogen-bond donors (Lipinski definition) is 3. The second-order valence-electron chi connectivity index (χ2n) is 12.9. The Morgan fingerprint density at radius 2 is 1.65 bits per heavy atom. The highest BCUT2D eigenvalue weighted by molar-refractivity contribution is 6.01. The molecule has 46 heavy (non-hydrogen) atoms.